The molecule has 0 saturated heterocycles. The number of aliphatic hydroxyl groups is 1. The van der Waals surface area contributed by atoms with Crippen LogP contribution in [0.5, 0.6) is 0 Å². The number of hydrogen-bond donors (Lipinski definition) is 1. The number of hydrogen-bond acceptors (Lipinski definition) is 2. The number of carbonyl (C=O) groups is 1. The van der Waals surface area contributed by atoms with Crippen molar-refractivity contribution in [2.24, 2.45) is 0 Å². The van der Waals surface area contributed by atoms with Gasteiger partial charge in [-0.1, -0.05) is 46.3 Å². The van der Waals surface area contributed by atoms with Gasteiger partial charge in [0.1, 0.15) is 4.83 Å². The fourth-order valence-electron chi connectivity index (χ4n) is 0.981. The molecule has 1 rings (SSSR count). The van der Waals surface area contributed by atoms with E-state index in [1.54, 1.807) is 31.2 Å². The van der Waals surface area contributed by atoms with Gasteiger partial charge in [-0.2, -0.15) is 0 Å². The van der Waals surface area contributed by atoms with Crippen molar-refractivity contribution in [3.63, 3.8) is 0 Å². The zero-order valence-electron chi connectivity index (χ0n) is 7.27. The molecule has 2 nitrogen and oxygen atoms in total. The molecule has 0 aliphatic rings. The van der Waals surface area contributed by atoms with Gasteiger partial charge in [0.25, 0.3) is 0 Å². The van der Waals surface area contributed by atoms with Crippen LogP contribution >= 0.6 is 15.9 Å². The summed E-state index contributed by atoms with van der Waals surface area (Å²) in [6, 6.07) is 8.92. The summed E-state index contributed by atoms with van der Waals surface area (Å²) in [5.41, 5.74) is 0.616. The predicted molar refractivity (Wildman–Crippen MR) is 55.2 cm³/mol. The van der Waals surface area contributed by atoms with Crippen LogP contribution in [0.4, 0.5) is 0 Å². The highest BCUT2D eigenvalue weighted by Crippen LogP contribution is 2.13. The van der Waals surface area contributed by atoms with E-state index in [2.05, 4.69) is 15.9 Å². The van der Waals surface area contributed by atoms with Gasteiger partial charge in [-0.15, -0.1) is 0 Å². The topological polar surface area (TPSA) is 37.3 Å². The first-order chi connectivity index (χ1) is 6.13. The van der Waals surface area contributed by atoms with Gasteiger partial charge in [-0.3, -0.25) is 4.79 Å². The lowest BCUT2D eigenvalue weighted by Crippen LogP contribution is -2.25. The highest BCUT2D eigenvalue weighted by molar-refractivity contribution is 9.10. The normalized spacial score (nSPS) is 15.0. The van der Waals surface area contributed by atoms with E-state index in [9.17, 15) is 9.90 Å². The third-order valence-corrected chi connectivity index (χ3v) is 2.91. The zero-order valence-corrected chi connectivity index (χ0v) is 8.86. The summed E-state index contributed by atoms with van der Waals surface area (Å²) >= 11 is 3.14. The Balaban J connectivity index is 2.80. The number of alkyl halides is 1. The van der Waals surface area contributed by atoms with Crippen LogP contribution in [-0.4, -0.2) is 21.8 Å². The fraction of sp³-hybridized carbons (Fsp3) is 0.300. The van der Waals surface area contributed by atoms with Gasteiger partial charge < -0.3 is 5.11 Å². The van der Waals surface area contributed by atoms with Crippen molar-refractivity contribution in [1.29, 1.82) is 0 Å². The van der Waals surface area contributed by atoms with Crippen LogP contribution in [0.2, 0.25) is 0 Å². The molecule has 2 atom stereocenters. The smallest absolute Gasteiger partial charge is 0.179 e. The minimum absolute atomic E-state index is 0.0874. The standard InChI is InChI=1S/C10H11BrO2/c1-7(12)9(11)10(13)8-5-3-2-4-6-8/h2-7,9,12H,1H3/t7-,9-/m1/s1. The molecule has 0 heterocycles. The third kappa shape index (κ3) is 2.64. The van der Waals surface area contributed by atoms with Crippen molar-refractivity contribution in [3.05, 3.63) is 35.9 Å². The Bertz CT molecular complexity index is 282. The Labute approximate surface area is 85.7 Å². The van der Waals surface area contributed by atoms with Crippen molar-refractivity contribution >= 4 is 21.7 Å². The predicted octanol–water partition coefficient (Wildman–Crippen LogP) is 2.01. The van der Waals surface area contributed by atoms with E-state index in [0.717, 1.165) is 0 Å². The lowest BCUT2D eigenvalue weighted by Gasteiger charge is -2.10. The first-order valence-electron chi connectivity index (χ1n) is 4.04. The van der Waals surface area contributed by atoms with Crippen LogP contribution in [0.25, 0.3) is 0 Å². The summed E-state index contributed by atoms with van der Waals surface area (Å²) < 4.78 is 0. The van der Waals surface area contributed by atoms with Crippen molar-refractivity contribution in [2.75, 3.05) is 0 Å². The minimum atomic E-state index is -0.673. The number of aliphatic hydroxyl groups excluding tert-OH is 1. The molecule has 0 aliphatic carbocycles. The molecule has 1 aromatic carbocycles. The van der Waals surface area contributed by atoms with Crippen LogP contribution in [-0.2, 0) is 0 Å². The second kappa shape index (κ2) is 4.53. The van der Waals surface area contributed by atoms with E-state index in [-0.39, 0.29) is 5.78 Å². The van der Waals surface area contributed by atoms with Gasteiger partial charge in [0.15, 0.2) is 5.78 Å². The van der Waals surface area contributed by atoms with Crippen molar-refractivity contribution in [1.82, 2.24) is 0 Å². The largest absolute Gasteiger partial charge is 0.392 e. The molecule has 3 heteroatoms. The maximum absolute atomic E-state index is 11.6. The van der Waals surface area contributed by atoms with Gasteiger partial charge in [-0.25, -0.2) is 0 Å². The number of ketones is 1. The molecule has 0 amide bonds. The fourth-order valence-corrected chi connectivity index (χ4v) is 1.25. The number of halogens is 1. The van der Waals surface area contributed by atoms with E-state index < -0.39 is 10.9 Å². The average Bonchev–Trinajstić information content (AvgIpc) is 2.17. The van der Waals surface area contributed by atoms with Gasteiger partial charge in [-0.05, 0) is 6.92 Å². The molecule has 13 heavy (non-hydrogen) atoms. The quantitative estimate of drug-likeness (QED) is 0.651. The van der Waals surface area contributed by atoms with Crippen LogP contribution in [0.3, 0.4) is 0 Å². The molecule has 70 valence electrons. The molecule has 1 N–H and O–H groups in total. The molecule has 1 aromatic rings. The van der Waals surface area contributed by atoms with E-state index in [4.69, 9.17) is 0 Å². The Morgan fingerprint density at radius 1 is 1.38 bits per heavy atom. The number of benzene rings is 1. The Morgan fingerprint density at radius 2 is 1.92 bits per heavy atom. The van der Waals surface area contributed by atoms with Crippen LogP contribution in [0.1, 0.15) is 17.3 Å². The van der Waals surface area contributed by atoms with E-state index in [1.807, 2.05) is 6.07 Å². The zero-order chi connectivity index (χ0) is 9.84. The number of Topliss-reactive ketones (excluding diaryl/α,β-unsaturated/α-hetero) is 1. The van der Waals surface area contributed by atoms with Crippen molar-refractivity contribution < 1.29 is 9.90 Å². The monoisotopic (exact) mass is 242 g/mol. The molecule has 0 aromatic heterocycles. The van der Waals surface area contributed by atoms with Gasteiger partial charge in [0, 0.05) is 5.56 Å². The van der Waals surface area contributed by atoms with Gasteiger partial charge >= 0.3 is 0 Å². The van der Waals surface area contributed by atoms with Crippen LogP contribution in [0.15, 0.2) is 30.3 Å². The van der Waals surface area contributed by atoms with E-state index >= 15 is 0 Å². The molecule has 0 spiro atoms. The number of rotatable bonds is 3. The molecular formula is C10H11BrO2. The molecule has 0 bridgehead atoms. The van der Waals surface area contributed by atoms with E-state index in [0.29, 0.717) is 5.56 Å². The lowest BCUT2D eigenvalue weighted by molar-refractivity contribution is 0.0920. The van der Waals surface area contributed by atoms with E-state index in [1.165, 1.54) is 0 Å². The van der Waals surface area contributed by atoms with Gasteiger partial charge in [0.05, 0.1) is 6.10 Å². The Hall–Kier alpha value is -0.670. The van der Waals surface area contributed by atoms with Crippen molar-refractivity contribution in [3.8, 4) is 0 Å². The maximum Gasteiger partial charge on any atom is 0.179 e. The summed E-state index contributed by atoms with van der Waals surface area (Å²) in [5.74, 6) is -0.0874. The second-order valence-electron chi connectivity index (χ2n) is 2.87. The summed E-state index contributed by atoms with van der Waals surface area (Å²) in [6.07, 6.45) is -0.673. The number of carbonyl (C=O) groups excluding carboxylic acids is 1. The molecular weight excluding hydrogens is 232 g/mol. The lowest BCUT2D eigenvalue weighted by atomic mass is 10.1. The summed E-state index contributed by atoms with van der Waals surface area (Å²) in [4.78, 5) is 11.1. The van der Waals surface area contributed by atoms with Crippen LogP contribution < -0.4 is 0 Å². The first-order valence-corrected chi connectivity index (χ1v) is 4.96. The minimum Gasteiger partial charge on any atom is -0.392 e. The highest BCUT2D eigenvalue weighted by atomic mass is 79.9. The highest BCUT2D eigenvalue weighted by Gasteiger charge is 2.20. The Kier molecular flexibility index (Phi) is 3.63. The van der Waals surface area contributed by atoms with Crippen molar-refractivity contribution in [2.45, 2.75) is 17.9 Å². The summed E-state index contributed by atoms with van der Waals surface area (Å²) in [6.45, 7) is 1.58. The molecule has 0 unspecified atom stereocenters. The summed E-state index contributed by atoms with van der Waals surface area (Å²) in [5, 5.41) is 9.18. The molecule has 0 fully saturated rings. The second-order valence-corrected chi connectivity index (χ2v) is 3.86. The molecule has 0 radical (unpaired) electrons. The summed E-state index contributed by atoms with van der Waals surface area (Å²) in [7, 11) is 0. The van der Waals surface area contributed by atoms with Crippen LogP contribution in [0, 0.1) is 0 Å². The molecule has 0 saturated carbocycles. The third-order valence-electron chi connectivity index (χ3n) is 1.73. The Morgan fingerprint density at radius 3 is 2.38 bits per heavy atom. The molecule has 0 aliphatic heterocycles. The SMILES string of the molecule is C[C@@H](O)[C@@H](Br)C(=O)c1ccccc1. The van der Waals surface area contributed by atoms with Gasteiger partial charge in [0.2, 0.25) is 0 Å². The maximum atomic E-state index is 11.6. The average molecular weight is 243 g/mol. The first kappa shape index (κ1) is 10.4.